The van der Waals surface area contributed by atoms with Crippen molar-refractivity contribution in [2.45, 2.75) is 155 Å². The van der Waals surface area contributed by atoms with Crippen molar-refractivity contribution >= 4 is 14.3 Å². The van der Waals surface area contributed by atoms with Crippen molar-refractivity contribution in [2.24, 2.45) is 11.8 Å². The van der Waals surface area contributed by atoms with Gasteiger partial charge in [-0.2, -0.15) is 0 Å². The molecule has 4 rings (SSSR count). The summed E-state index contributed by atoms with van der Waals surface area (Å²) in [6.45, 7) is 33.4. The normalized spacial score (nSPS) is 28.3. The van der Waals surface area contributed by atoms with Crippen molar-refractivity contribution in [1.29, 1.82) is 0 Å². The molecule has 63 heavy (non-hydrogen) atoms. The summed E-state index contributed by atoms with van der Waals surface area (Å²) in [5.74, 6) is 1.38. The molecule has 0 radical (unpaired) electrons. The van der Waals surface area contributed by atoms with E-state index in [1.54, 1.807) is 26.4 Å². The monoisotopic (exact) mass is 885 g/mol. The van der Waals surface area contributed by atoms with Crippen molar-refractivity contribution < 1.29 is 42.7 Å². The van der Waals surface area contributed by atoms with E-state index in [4.69, 9.17) is 32.8 Å². The standard InChI is InChI=1S/C53H76O9Si/c1-15-18-37(4)47-52(61-47)48-39(6)31-35(2)20-17-22-45(54)50(58-33-41-23-27-43(56-11)28-24-41)40(7)51(59-34-42-25-29-44(57-12)30-26-42)49(62-63(13,14)53(8,9)10)38(5)21-16-19-36(3)32-46(55)60-48/h16-17,19,22-30,32,37,39,45,47-52,54H,2,5,7,15,18,20-21,31,33-34H2,1,3-4,6,8-14H3/b19-16+,22-17+,36-32+/t37-,39-,45-,47-,48+,49-,50-,51-,52+/m0/s1. The van der Waals surface area contributed by atoms with Gasteiger partial charge >= 0.3 is 5.97 Å². The van der Waals surface area contributed by atoms with E-state index in [1.165, 1.54) is 0 Å². The Bertz CT molecular complexity index is 1900. The van der Waals surface area contributed by atoms with Crippen LogP contribution >= 0.6 is 0 Å². The van der Waals surface area contributed by atoms with E-state index in [0.29, 0.717) is 30.8 Å². The minimum atomic E-state index is -2.50. The first-order valence-electron chi connectivity index (χ1n) is 22.5. The lowest BCUT2D eigenvalue weighted by molar-refractivity contribution is -0.146. The van der Waals surface area contributed by atoms with Crippen molar-refractivity contribution in [3.05, 3.63) is 132 Å². The molecule has 0 unspecified atom stereocenters. The molecule has 9 atom stereocenters. The van der Waals surface area contributed by atoms with Crippen LogP contribution in [0.4, 0.5) is 0 Å². The maximum Gasteiger partial charge on any atom is 0.331 e. The van der Waals surface area contributed by atoms with Gasteiger partial charge in [-0.3, -0.25) is 0 Å². The third kappa shape index (κ3) is 15.3. The van der Waals surface area contributed by atoms with Gasteiger partial charge in [0.1, 0.15) is 42.0 Å². The van der Waals surface area contributed by atoms with Gasteiger partial charge in [0.15, 0.2) is 8.32 Å². The van der Waals surface area contributed by atoms with Crippen LogP contribution in [0.2, 0.25) is 18.1 Å². The molecule has 10 heteroatoms. The Morgan fingerprint density at radius 2 is 1.43 bits per heavy atom. The topological polar surface area (TPSA) is 105 Å². The second kappa shape index (κ2) is 23.8. The zero-order valence-corrected chi connectivity index (χ0v) is 41.0. The Morgan fingerprint density at radius 3 is 1.97 bits per heavy atom. The highest BCUT2D eigenvalue weighted by Crippen LogP contribution is 2.41. The fourth-order valence-electron chi connectivity index (χ4n) is 7.67. The lowest BCUT2D eigenvalue weighted by Crippen LogP contribution is -2.50. The number of carbonyl (C=O) groups is 1. The second-order valence-electron chi connectivity index (χ2n) is 19.0. The SMILES string of the molecule is C=C1C/C=C/[C@H](O)[C@@H](OCc2ccc(OC)cc2)C(=C)[C@H](OCc2ccc(OC)cc2)[C@@H](O[Si](C)(C)C(C)(C)C)C(=C)C/C=C/C(C)=C/C(=O)O[C@@H]([C@@H]2O[C@H]2[C@@H](C)CCC)[C@@H](C)C1. The molecule has 0 saturated carbocycles. The summed E-state index contributed by atoms with van der Waals surface area (Å²) in [6.07, 6.45) is 8.69. The predicted molar refractivity (Wildman–Crippen MR) is 256 cm³/mol. The predicted octanol–water partition coefficient (Wildman–Crippen LogP) is 11.6. The fourth-order valence-corrected chi connectivity index (χ4v) is 8.95. The fraction of sp³-hybridized carbons (Fsp3) is 0.528. The zero-order valence-electron chi connectivity index (χ0n) is 40.0. The average molecular weight is 885 g/mol. The molecule has 0 bridgehead atoms. The number of methoxy groups -OCH3 is 2. The van der Waals surface area contributed by atoms with Gasteiger partial charge in [0.25, 0.3) is 0 Å². The van der Waals surface area contributed by atoms with Crippen molar-refractivity contribution in [1.82, 2.24) is 0 Å². The molecule has 9 nitrogen and oxygen atoms in total. The van der Waals surface area contributed by atoms with Gasteiger partial charge in [-0.1, -0.05) is 122 Å². The Labute approximate surface area is 380 Å². The van der Waals surface area contributed by atoms with E-state index in [-0.39, 0.29) is 36.4 Å². The highest BCUT2D eigenvalue weighted by molar-refractivity contribution is 6.74. The summed E-state index contributed by atoms with van der Waals surface area (Å²) >= 11 is 0. The molecule has 0 spiro atoms. The number of allylic oxidation sites excluding steroid dienone is 5. The number of benzene rings is 2. The van der Waals surface area contributed by atoms with Gasteiger partial charge in [0, 0.05) is 6.08 Å². The summed E-state index contributed by atoms with van der Waals surface area (Å²) < 4.78 is 44.1. The van der Waals surface area contributed by atoms with E-state index >= 15 is 0 Å². The third-order valence-electron chi connectivity index (χ3n) is 12.6. The number of rotatable bonds is 14. The van der Waals surface area contributed by atoms with Crippen molar-refractivity contribution in [3.63, 3.8) is 0 Å². The van der Waals surface area contributed by atoms with Gasteiger partial charge in [-0.15, -0.1) is 0 Å². The number of cyclic esters (lactones) is 1. The summed E-state index contributed by atoms with van der Waals surface area (Å²) in [6, 6.07) is 15.4. The minimum Gasteiger partial charge on any atom is -0.497 e. The molecular weight excluding hydrogens is 809 g/mol. The number of epoxide rings is 1. The van der Waals surface area contributed by atoms with Crippen LogP contribution in [0.25, 0.3) is 0 Å². The molecule has 2 heterocycles. The number of hydrogen-bond donors (Lipinski definition) is 1. The maximum absolute atomic E-state index is 13.5. The molecule has 1 N–H and O–H groups in total. The van der Waals surface area contributed by atoms with Crippen molar-refractivity contribution in [3.8, 4) is 11.5 Å². The van der Waals surface area contributed by atoms with Gasteiger partial charge in [0.2, 0.25) is 0 Å². The molecule has 1 saturated heterocycles. The van der Waals surface area contributed by atoms with E-state index in [0.717, 1.165) is 52.2 Å². The summed E-state index contributed by atoms with van der Waals surface area (Å²) in [5.41, 5.74) is 4.77. The van der Waals surface area contributed by atoms with Crippen LogP contribution in [0, 0.1) is 11.8 Å². The first-order chi connectivity index (χ1) is 29.8. The minimum absolute atomic E-state index is 0.0449. The van der Waals surface area contributed by atoms with Crippen LogP contribution in [0.1, 0.15) is 91.7 Å². The van der Waals surface area contributed by atoms with Gasteiger partial charge in [-0.05, 0) is 115 Å². The van der Waals surface area contributed by atoms with Crippen LogP contribution < -0.4 is 9.47 Å². The second-order valence-corrected chi connectivity index (χ2v) is 23.7. The quantitative estimate of drug-likeness (QED) is 0.0859. The average Bonchev–Trinajstić information content (AvgIpc) is 4.03. The van der Waals surface area contributed by atoms with E-state index in [2.05, 4.69) is 74.4 Å². The smallest absolute Gasteiger partial charge is 0.331 e. The number of carbonyl (C=O) groups excluding carboxylic acids is 1. The molecule has 0 aromatic heterocycles. The maximum atomic E-state index is 13.5. The lowest BCUT2D eigenvalue weighted by atomic mass is 9.89. The molecule has 2 aromatic carbocycles. The highest BCUT2D eigenvalue weighted by Gasteiger charge is 2.51. The lowest BCUT2D eigenvalue weighted by Gasteiger charge is -2.43. The number of aliphatic hydroxyl groups excluding tert-OH is 1. The summed E-state index contributed by atoms with van der Waals surface area (Å²) in [4.78, 5) is 13.5. The largest absolute Gasteiger partial charge is 0.497 e. The molecular formula is C53H76O9Si. The number of aliphatic hydroxyl groups is 1. The Kier molecular flexibility index (Phi) is 19.5. The van der Waals surface area contributed by atoms with Crippen LogP contribution in [-0.2, 0) is 41.4 Å². The molecule has 2 aromatic rings. The third-order valence-corrected chi connectivity index (χ3v) is 17.0. The van der Waals surface area contributed by atoms with Crippen LogP contribution in [0.15, 0.2) is 121 Å². The van der Waals surface area contributed by atoms with Gasteiger partial charge < -0.3 is 38.0 Å². The van der Waals surface area contributed by atoms with Gasteiger partial charge in [0.05, 0.1) is 39.6 Å². The molecule has 2 aliphatic heterocycles. The number of ether oxygens (including phenoxy) is 6. The highest BCUT2D eigenvalue weighted by atomic mass is 28.4. The first-order valence-corrected chi connectivity index (χ1v) is 25.4. The Morgan fingerprint density at radius 1 is 0.857 bits per heavy atom. The van der Waals surface area contributed by atoms with E-state index in [1.807, 2.05) is 73.7 Å². The molecule has 346 valence electrons. The van der Waals surface area contributed by atoms with Crippen LogP contribution in [-0.4, -0.2) is 76.3 Å². The Hall–Kier alpha value is -4.03. The van der Waals surface area contributed by atoms with Crippen LogP contribution in [0.5, 0.6) is 11.5 Å². The van der Waals surface area contributed by atoms with E-state index < -0.39 is 44.8 Å². The van der Waals surface area contributed by atoms with Crippen LogP contribution in [0.3, 0.4) is 0 Å². The summed E-state index contributed by atoms with van der Waals surface area (Å²) in [5, 5.41) is 12.0. The van der Waals surface area contributed by atoms with Crippen molar-refractivity contribution in [2.75, 3.05) is 14.2 Å². The van der Waals surface area contributed by atoms with Gasteiger partial charge in [-0.25, -0.2) is 4.79 Å². The molecule has 0 aliphatic carbocycles. The first kappa shape index (κ1) is 51.6. The van der Waals surface area contributed by atoms with E-state index in [9.17, 15) is 9.90 Å². The zero-order chi connectivity index (χ0) is 46.5. The number of esters is 1. The molecule has 1 fully saturated rings. The summed E-state index contributed by atoms with van der Waals surface area (Å²) in [7, 11) is 0.770. The number of hydrogen-bond acceptors (Lipinski definition) is 9. The molecule has 0 amide bonds. The Balaban J connectivity index is 1.79. The molecule has 2 aliphatic rings.